The molecule has 1 rings (SSSR count). The highest BCUT2D eigenvalue weighted by molar-refractivity contribution is 6.42. The van der Waals surface area contributed by atoms with Crippen LogP contribution in [0.3, 0.4) is 0 Å². The third kappa shape index (κ3) is 8.92. The van der Waals surface area contributed by atoms with Crippen LogP contribution in [0.1, 0.15) is 12.5 Å². The Morgan fingerprint density at radius 1 is 1.16 bits per heavy atom. The summed E-state index contributed by atoms with van der Waals surface area (Å²) in [4.78, 5) is 0. The Kier molecular flexibility index (Phi) is 13.7. The van der Waals surface area contributed by atoms with Gasteiger partial charge in [0.05, 0.1) is 16.1 Å². The molecule has 7 heteroatoms. The number of aliphatic hydroxyl groups is 1. The summed E-state index contributed by atoms with van der Waals surface area (Å²) in [5.74, 6) is 0. The van der Waals surface area contributed by atoms with Crippen molar-refractivity contribution in [1.82, 2.24) is 10.6 Å². The molecule has 112 valence electrons. The molecule has 0 aromatic heterocycles. The normalized spacial score (nSPS) is 11.4. The van der Waals surface area contributed by atoms with Crippen molar-refractivity contribution in [2.45, 2.75) is 19.6 Å². The van der Waals surface area contributed by atoms with Crippen molar-refractivity contribution >= 4 is 48.0 Å². The summed E-state index contributed by atoms with van der Waals surface area (Å²) in [7, 11) is 0. The van der Waals surface area contributed by atoms with Crippen LogP contribution in [0.25, 0.3) is 0 Å². The smallest absolute Gasteiger partial charge is 0.0637 e. The highest BCUT2D eigenvalue weighted by atomic mass is 35.5. The quantitative estimate of drug-likeness (QED) is 0.663. The van der Waals surface area contributed by atoms with Gasteiger partial charge in [-0.15, -0.1) is 24.8 Å². The Morgan fingerprint density at radius 3 is 2.42 bits per heavy atom. The number of nitrogens with one attached hydrogen (secondary N) is 2. The molecule has 3 nitrogen and oxygen atoms in total. The molecule has 0 aliphatic heterocycles. The van der Waals surface area contributed by atoms with E-state index in [4.69, 9.17) is 28.3 Å². The van der Waals surface area contributed by atoms with E-state index < -0.39 is 0 Å². The zero-order valence-electron chi connectivity index (χ0n) is 10.7. The number of benzene rings is 1. The lowest BCUT2D eigenvalue weighted by Crippen LogP contribution is -2.31. The zero-order valence-corrected chi connectivity index (χ0v) is 13.8. The first-order valence-corrected chi connectivity index (χ1v) is 6.39. The van der Waals surface area contributed by atoms with E-state index >= 15 is 0 Å². The maximum Gasteiger partial charge on any atom is 0.0637 e. The molecule has 0 aliphatic rings. The summed E-state index contributed by atoms with van der Waals surface area (Å²) < 4.78 is 0. The fourth-order valence-electron chi connectivity index (χ4n) is 1.40. The standard InChI is InChI=1S/C12H18Cl2N2O.2ClH/c1-9(17)7-15-5-6-16-8-10-3-2-4-11(13)12(10)14;;/h2-4,9,15-17H,5-8H2,1H3;2*1H. The minimum absolute atomic E-state index is 0. The van der Waals surface area contributed by atoms with Gasteiger partial charge in [0.1, 0.15) is 0 Å². The van der Waals surface area contributed by atoms with Crippen molar-refractivity contribution in [3.05, 3.63) is 33.8 Å². The third-order valence-electron chi connectivity index (χ3n) is 2.27. The first-order valence-electron chi connectivity index (χ1n) is 5.63. The highest BCUT2D eigenvalue weighted by Crippen LogP contribution is 2.25. The van der Waals surface area contributed by atoms with Crippen molar-refractivity contribution in [2.24, 2.45) is 0 Å². The van der Waals surface area contributed by atoms with E-state index in [0.29, 0.717) is 23.1 Å². The van der Waals surface area contributed by atoms with Crippen molar-refractivity contribution in [1.29, 1.82) is 0 Å². The van der Waals surface area contributed by atoms with Gasteiger partial charge in [0.15, 0.2) is 0 Å². The number of hydrogen-bond acceptors (Lipinski definition) is 3. The van der Waals surface area contributed by atoms with Crippen LogP contribution in [-0.2, 0) is 6.54 Å². The predicted octanol–water partition coefficient (Wildman–Crippen LogP) is 2.90. The average Bonchev–Trinajstić information content (AvgIpc) is 2.28. The van der Waals surface area contributed by atoms with Crippen LogP contribution in [0.2, 0.25) is 10.0 Å². The monoisotopic (exact) mass is 348 g/mol. The first-order chi connectivity index (χ1) is 8.11. The maximum atomic E-state index is 9.04. The second-order valence-corrected chi connectivity index (χ2v) is 4.73. The Balaban J connectivity index is 0. The SMILES string of the molecule is CC(O)CNCCNCc1cccc(Cl)c1Cl.Cl.Cl. The Hall–Kier alpha value is 0.260. The van der Waals surface area contributed by atoms with Gasteiger partial charge in [0.25, 0.3) is 0 Å². The molecule has 0 spiro atoms. The molecule has 1 aromatic rings. The minimum Gasteiger partial charge on any atom is -0.392 e. The Morgan fingerprint density at radius 2 is 1.79 bits per heavy atom. The summed E-state index contributed by atoms with van der Waals surface area (Å²) in [6, 6.07) is 5.61. The van der Waals surface area contributed by atoms with Crippen LogP contribution in [0.15, 0.2) is 18.2 Å². The highest BCUT2D eigenvalue weighted by Gasteiger charge is 2.03. The van der Waals surface area contributed by atoms with Crippen molar-refractivity contribution < 1.29 is 5.11 Å². The average molecular weight is 350 g/mol. The summed E-state index contributed by atoms with van der Waals surface area (Å²) in [5.41, 5.74) is 0.995. The van der Waals surface area contributed by atoms with Crippen LogP contribution in [0.4, 0.5) is 0 Å². The predicted molar refractivity (Wildman–Crippen MR) is 87.2 cm³/mol. The lowest BCUT2D eigenvalue weighted by molar-refractivity contribution is 0.191. The molecule has 0 bridgehead atoms. The van der Waals surface area contributed by atoms with E-state index in [1.165, 1.54) is 0 Å². The molecule has 3 N–H and O–H groups in total. The van der Waals surface area contributed by atoms with Crippen LogP contribution in [0, 0.1) is 0 Å². The molecule has 0 radical (unpaired) electrons. The van der Waals surface area contributed by atoms with Crippen LogP contribution < -0.4 is 10.6 Å². The molecule has 0 saturated carbocycles. The second-order valence-electron chi connectivity index (χ2n) is 3.94. The van der Waals surface area contributed by atoms with Crippen LogP contribution >= 0.6 is 48.0 Å². The molecule has 19 heavy (non-hydrogen) atoms. The lowest BCUT2D eigenvalue weighted by Gasteiger charge is -2.09. The van der Waals surface area contributed by atoms with Gasteiger partial charge in [-0.25, -0.2) is 0 Å². The van der Waals surface area contributed by atoms with E-state index in [1.54, 1.807) is 13.0 Å². The molecule has 0 amide bonds. The fraction of sp³-hybridized carbons (Fsp3) is 0.500. The summed E-state index contributed by atoms with van der Waals surface area (Å²) >= 11 is 12.0. The molecule has 1 atom stereocenters. The van der Waals surface area contributed by atoms with Gasteiger partial charge in [0.2, 0.25) is 0 Å². The van der Waals surface area contributed by atoms with Gasteiger partial charge < -0.3 is 15.7 Å². The number of aliphatic hydroxyl groups excluding tert-OH is 1. The third-order valence-corrected chi connectivity index (χ3v) is 3.12. The maximum absolute atomic E-state index is 9.04. The van der Waals surface area contributed by atoms with Crippen molar-refractivity contribution in [2.75, 3.05) is 19.6 Å². The first kappa shape index (κ1) is 21.6. The second kappa shape index (κ2) is 12.0. The summed E-state index contributed by atoms with van der Waals surface area (Å²) in [6.45, 7) is 4.68. The fourth-order valence-corrected chi connectivity index (χ4v) is 1.78. The lowest BCUT2D eigenvalue weighted by atomic mass is 10.2. The number of halogens is 4. The molecule has 0 aliphatic carbocycles. The van der Waals surface area contributed by atoms with Gasteiger partial charge in [-0.2, -0.15) is 0 Å². The van der Waals surface area contributed by atoms with Gasteiger partial charge in [-0.1, -0.05) is 35.3 Å². The number of hydrogen-bond donors (Lipinski definition) is 3. The molecular weight excluding hydrogens is 330 g/mol. The van der Waals surface area contributed by atoms with E-state index in [2.05, 4.69) is 10.6 Å². The van der Waals surface area contributed by atoms with Gasteiger partial charge in [-0.3, -0.25) is 0 Å². The van der Waals surface area contributed by atoms with Crippen LogP contribution in [-0.4, -0.2) is 30.8 Å². The van der Waals surface area contributed by atoms with Gasteiger partial charge >= 0.3 is 0 Å². The Labute approximate surface area is 136 Å². The summed E-state index contributed by atoms with van der Waals surface area (Å²) in [6.07, 6.45) is -0.308. The molecule has 0 fully saturated rings. The Bertz CT molecular complexity index is 351. The topological polar surface area (TPSA) is 44.3 Å². The summed E-state index contributed by atoms with van der Waals surface area (Å²) in [5, 5.41) is 16.6. The largest absolute Gasteiger partial charge is 0.392 e. The van der Waals surface area contributed by atoms with Gasteiger partial charge in [0, 0.05) is 26.2 Å². The van der Waals surface area contributed by atoms with E-state index in [9.17, 15) is 0 Å². The molecule has 1 aromatic carbocycles. The van der Waals surface area contributed by atoms with Crippen molar-refractivity contribution in [3.63, 3.8) is 0 Å². The molecule has 1 unspecified atom stereocenters. The van der Waals surface area contributed by atoms with Crippen LogP contribution in [0.5, 0.6) is 0 Å². The molecular formula is C12H20Cl4N2O. The van der Waals surface area contributed by atoms with Gasteiger partial charge in [-0.05, 0) is 18.6 Å². The molecule has 0 saturated heterocycles. The van der Waals surface area contributed by atoms with E-state index in [-0.39, 0.29) is 30.9 Å². The van der Waals surface area contributed by atoms with E-state index in [0.717, 1.165) is 18.7 Å². The zero-order chi connectivity index (χ0) is 12.7. The minimum atomic E-state index is -0.308. The molecule has 0 heterocycles. The van der Waals surface area contributed by atoms with E-state index in [1.807, 2.05) is 12.1 Å². The number of rotatable bonds is 7. The van der Waals surface area contributed by atoms with Crippen molar-refractivity contribution in [3.8, 4) is 0 Å².